The molecule has 124 valence electrons. The predicted molar refractivity (Wildman–Crippen MR) is 91.4 cm³/mol. The minimum Gasteiger partial charge on any atom is -0.455 e. The smallest absolute Gasteiger partial charge is 0.374 e. The molecule has 1 aliphatic rings. The zero-order valence-electron chi connectivity index (χ0n) is 13.4. The molecule has 5 heteroatoms. The van der Waals surface area contributed by atoms with Gasteiger partial charge in [0.15, 0.2) is 0 Å². The van der Waals surface area contributed by atoms with Crippen LogP contribution in [-0.4, -0.2) is 5.97 Å². The Morgan fingerprint density at radius 1 is 1.12 bits per heavy atom. The quantitative estimate of drug-likeness (QED) is 0.870. The summed E-state index contributed by atoms with van der Waals surface area (Å²) in [6, 6.07) is 20.7. The molecule has 0 spiro atoms. The van der Waals surface area contributed by atoms with Crippen LogP contribution in [0.3, 0.4) is 0 Å². The molecule has 0 saturated heterocycles. The molecule has 0 fully saturated rings. The number of carbonyl (C=O) groups excluding carboxylic acids is 1. The maximum absolute atomic E-state index is 12.3. The molecule has 1 atom stereocenters. The Kier molecular flexibility index (Phi) is 4.82. The van der Waals surface area contributed by atoms with Crippen LogP contribution in [0.4, 0.5) is 0 Å². The lowest BCUT2D eigenvalue weighted by Gasteiger charge is -2.22. The van der Waals surface area contributed by atoms with Crippen molar-refractivity contribution in [2.45, 2.75) is 12.5 Å². The number of carbonyl (C=O) groups is 1. The fraction of sp³-hybridized carbons (Fsp3) is 0.100. The van der Waals surface area contributed by atoms with Gasteiger partial charge in [0.05, 0.1) is 0 Å². The van der Waals surface area contributed by atoms with Crippen LogP contribution >= 0.6 is 0 Å². The fourth-order valence-electron chi connectivity index (χ4n) is 2.55. The Morgan fingerprint density at radius 3 is 2.40 bits per heavy atom. The normalized spacial score (nSPS) is 16.4. The van der Waals surface area contributed by atoms with Gasteiger partial charge in [0.25, 0.3) is 0 Å². The maximum Gasteiger partial charge on any atom is 0.374 e. The zero-order valence-corrected chi connectivity index (χ0v) is 13.4. The third-order valence-corrected chi connectivity index (χ3v) is 3.81. The summed E-state index contributed by atoms with van der Waals surface area (Å²) in [6.07, 6.45) is 1.57. The summed E-state index contributed by atoms with van der Waals surface area (Å²) in [5.74, 6) is -1.16. The van der Waals surface area contributed by atoms with Crippen molar-refractivity contribution in [2.75, 3.05) is 0 Å². The third-order valence-electron chi connectivity index (χ3n) is 3.81. The molecular formula is C20H16N2O3. The van der Waals surface area contributed by atoms with Crippen LogP contribution in [0.2, 0.25) is 0 Å². The number of hydrogen-bond donors (Lipinski definition) is 1. The second-order valence-corrected chi connectivity index (χ2v) is 5.47. The van der Waals surface area contributed by atoms with Crippen LogP contribution in [0, 0.1) is 11.3 Å². The summed E-state index contributed by atoms with van der Waals surface area (Å²) in [5, 5.41) is 9.36. The van der Waals surface area contributed by atoms with E-state index in [2.05, 4.69) is 6.07 Å². The zero-order chi connectivity index (χ0) is 17.6. The summed E-state index contributed by atoms with van der Waals surface area (Å²) in [6.45, 7) is 0.130. The lowest BCUT2D eigenvalue weighted by molar-refractivity contribution is -0.143. The van der Waals surface area contributed by atoms with Gasteiger partial charge in [-0.15, -0.1) is 0 Å². The molecule has 5 nitrogen and oxygen atoms in total. The number of nitrogens with two attached hydrogens (primary N) is 1. The fourth-order valence-corrected chi connectivity index (χ4v) is 2.55. The number of allylic oxidation sites excluding steroid dienone is 2. The highest BCUT2D eigenvalue weighted by molar-refractivity contribution is 5.87. The Bertz CT molecular complexity index is 865. The third kappa shape index (κ3) is 3.70. The van der Waals surface area contributed by atoms with Gasteiger partial charge < -0.3 is 15.2 Å². The summed E-state index contributed by atoms with van der Waals surface area (Å²) in [4.78, 5) is 12.3. The molecule has 3 rings (SSSR count). The van der Waals surface area contributed by atoms with E-state index >= 15 is 0 Å². The molecule has 0 bridgehead atoms. The number of rotatable bonds is 4. The van der Waals surface area contributed by atoms with Crippen LogP contribution in [0.15, 0.2) is 84.0 Å². The molecule has 2 aromatic rings. The van der Waals surface area contributed by atoms with Crippen LogP contribution < -0.4 is 5.73 Å². The number of nitriles is 1. The molecule has 0 amide bonds. The second kappa shape index (κ2) is 7.37. The predicted octanol–water partition coefficient (Wildman–Crippen LogP) is 3.12. The number of esters is 1. The highest BCUT2D eigenvalue weighted by Crippen LogP contribution is 2.33. The number of ether oxygens (including phenoxy) is 2. The van der Waals surface area contributed by atoms with Gasteiger partial charge in [0.2, 0.25) is 11.6 Å². The van der Waals surface area contributed by atoms with Crippen molar-refractivity contribution in [1.29, 1.82) is 5.26 Å². The molecular weight excluding hydrogens is 316 g/mol. The lowest BCUT2D eigenvalue weighted by Crippen LogP contribution is -2.21. The van der Waals surface area contributed by atoms with Crippen molar-refractivity contribution in [3.63, 3.8) is 0 Å². The first-order valence-corrected chi connectivity index (χ1v) is 7.74. The summed E-state index contributed by atoms with van der Waals surface area (Å²) in [5.41, 5.74) is 7.82. The summed E-state index contributed by atoms with van der Waals surface area (Å²) >= 11 is 0. The van der Waals surface area contributed by atoms with Crippen LogP contribution in [-0.2, 0) is 20.9 Å². The van der Waals surface area contributed by atoms with Gasteiger partial charge in [0, 0.05) is 5.92 Å². The van der Waals surface area contributed by atoms with Gasteiger partial charge in [-0.25, -0.2) is 4.79 Å². The Labute approximate surface area is 145 Å². The van der Waals surface area contributed by atoms with Gasteiger partial charge in [0.1, 0.15) is 18.2 Å². The lowest BCUT2D eigenvalue weighted by atomic mass is 9.90. The van der Waals surface area contributed by atoms with Gasteiger partial charge in [-0.1, -0.05) is 60.7 Å². The van der Waals surface area contributed by atoms with E-state index < -0.39 is 11.9 Å². The molecule has 2 aromatic carbocycles. The van der Waals surface area contributed by atoms with Gasteiger partial charge in [-0.3, -0.25) is 0 Å². The van der Waals surface area contributed by atoms with Gasteiger partial charge in [-0.05, 0) is 17.2 Å². The minimum absolute atomic E-state index is 0.0127. The Morgan fingerprint density at radius 2 is 1.76 bits per heavy atom. The summed E-state index contributed by atoms with van der Waals surface area (Å²) in [7, 11) is 0. The van der Waals surface area contributed by atoms with Crippen molar-refractivity contribution < 1.29 is 14.3 Å². The van der Waals surface area contributed by atoms with Crippen molar-refractivity contribution >= 4 is 5.97 Å². The molecule has 1 aliphatic heterocycles. The van der Waals surface area contributed by atoms with Crippen LogP contribution in [0.5, 0.6) is 0 Å². The van der Waals surface area contributed by atoms with E-state index in [0.29, 0.717) is 0 Å². The highest BCUT2D eigenvalue weighted by Gasteiger charge is 2.28. The molecule has 25 heavy (non-hydrogen) atoms. The topological polar surface area (TPSA) is 85.3 Å². The van der Waals surface area contributed by atoms with E-state index in [4.69, 9.17) is 15.2 Å². The van der Waals surface area contributed by atoms with E-state index in [1.165, 1.54) is 0 Å². The monoisotopic (exact) mass is 332 g/mol. The first kappa shape index (κ1) is 16.3. The largest absolute Gasteiger partial charge is 0.455 e. The number of nitrogens with zero attached hydrogens (tertiary/aromatic N) is 1. The van der Waals surface area contributed by atoms with E-state index in [0.717, 1.165) is 11.1 Å². The molecule has 0 aromatic heterocycles. The van der Waals surface area contributed by atoms with Crippen LogP contribution in [0.25, 0.3) is 0 Å². The van der Waals surface area contributed by atoms with Gasteiger partial charge in [-0.2, -0.15) is 5.26 Å². The highest BCUT2D eigenvalue weighted by atomic mass is 16.6. The van der Waals surface area contributed by atoms with E-state index in [1.54, 1.807) is 6.08 Å². The van der Waals surface area contributed by atoms with Crippen molar-refractivity contribution in [3.8, 4) is 6.07 Å². The van der Waals surface area contributed by atoms with E-state index in [-0.39, 0.29) is 23.8 Å². The number of hydrogen-bond acceptors (Lipinski definition) is 5. The SMILES string of the molecule is N#CC1=C(N)OC(C(=O)OCc2ccccc2)=C[C@@H]1c1ccccc1. The maximum atomic E-state index is 12.3. The molecule has 1 heterocycles. The minimum atomic E-state index is -0.621. The second-order valence-electron chi connectivity index (χ2n) is 5.47. The average Bonchev–Trinajstić information content (AvgIpc) is 2.67. The van der Waals surface area contributed by atoms with E-state index in [9.17, 15) is 10.1 Å². The van der Waals surface area contributed by atoms with Gasteiger partial charge >= 0.3 is 5.97 Å². The summed E-state index contributed by atoms with van der Waals surface area (Å²) < 4.78 is 10.6. The molecule has 2 N–H and O–H groups in total. The Balaban J connectivity index is 1.80. The average molecular weight is 332 g/mol. The van der Waals surface area contributed by atoms with Crippen molar-refractivity contribution in [3.05, 3.63) is 95.1 Å². The van der Waals surface area contributed by atoms with E-state index in [1.807, 2.05) is 60.7 Å². The molecule has 0 aliphatic carbocycles. The van der Waals surface area contributed by atoms with Crippen molar-refractivity contribution in [2.24, 2.45) is 5.73 Å². The Hall–Kier alpha value is -3.52. The molecule has 0 unspecified atom stereocenters. The number of benzene rings is 2. The van der Waals surface area contributed by atoms with Crippen LogP contribution in [0.1, 0.15) is 17.0 Å². The first-order valence-electron chi connectivity index (χ1n) is 7.74. The first-order chi connectivity index (χ1) is 12.2. The molecule has 0 radical (unpaired) electrons. The van der Waals surface area contributed by atoms with Crippen molar-refractivity contribution in [1.82, 2.24) is 0 Å². The standard InChI is InChI=1S/C20H16N2O3/c21-12-17-16(15-9-5-2-6-10-15)11-18(25-19(17)22)20(23)24-13-14-7-3-1-4-8-14/h1-11,16H,13,22H2/t16-/m1/s1. The molecule has 0 saturated carbocycles.